The molecule has 0 saturated carbocycles. The first-order chi connectivity index (χ1) is 8.75. The summed E-state index contributed by atoms with van der Waals surface area (Å²) in [7, 11) is 0. The zero-order chi connectivity index (χ0) is 12.8. The van der Waals surface area contributed by atoms with E-state index in [0.29, 0.717) is 5.75 Å². The Morgan fingerprint density at radius 2 is 2.17 bits per heavy atom. The fourth-order valence-corrected chi connectivity index (χ4v) is 1.86. The Morgan fingerprint density at radius 3 is 2.78 bits per heavy atom. The molecule has 0 aliphatic carbocycles. The number of hydrogen-bond acceptors (Lipinski definition) is 4. The fraction of sp³-hybridized carbons (Fsp3) is 0.154. The summed E-state index contributed by atoms with van der Waals surface area (Å²) in [6, 6.07) is 7.97. The monoisotopic (exact) mass is 259 g/mol. The Morgan fingerprint density at radius 1 is 1.39 bits per heavy atom. The molecule has 1 aromatic carbocycles. The highest BCUT2D eigenvalue weighted by atomic mass is 32.2. The van der Waals surface area contributed by atoms with Gasteiger partial charge in [-0.25, -0.2) is 9.67 Å². The topological polar surface area (TPSA) is 47.8 Å². The van der Waals surface area contributed by atoms with Crippen LogP contribution in [-0.2, 0) is 4.79 Å². The average Bonchev–Trinajstić information content (AvgIpc) is 2.89. The van der Waals surface area contributed by atoms with E-state index < -0.39 is 0 Å². The molecule has 1 aromatic heterocycles. The first-order valence-corrected chi connectivity index (χ1v) is 6.49. The van der Waals surface area contributed by atoms with Gasteiger partial charge >= 0.3 is 0 Å². The van der Waals surface area contributed by atoms with E-state index in [9.17, 15) is 4.79 Å². The number of benzene rings is 1. The molecule has 0 spiro atoms. The molecule has 18 heavy (non-hydrogen) atoms. The van der Waals surface area contributed by atoms with Crippen molar-refractivity contribution in [2.45, 2.75) is 6.92 Å². The van der Waals surface area contributed by atoms with Crippen LogP contribution in [0.1, 0.15) is 12.5 Å². The van der Waals surface area contributed by atoms with Crippen molar-refractivity contribution in [3.63, 3.8) is 0 Å². The van der Waals surface area contributed by atoms with Crippen LogP contribution in [0.3, 0.4) is 0 Å². The molecule has 2 aromatic rings. The minimum absolute atomic E-state index is 0.140. The van der Waals surface area contributed by atoms with Crippen molar-refractivity contribution in [2.24, 2.45) is 0 Å². The van der Waals surface area contributed by atoms with Crippen molar-refractivity contribution in [3.8, 4) is 5.69 Å². The summed E-state index contributed by atoms with van der Waals surface area (Å²) in [6.45, 7) is 1.57. The Kier molecular flexibility index (Phi) is 4.30. The molecule has 0 aliphatic heterocycles. The summed E-state index contributed by atoms with van der Waals surface area (Å²) in [6.07, 6.45) is 7.15. The quantitative estimate of drug-likeness (QED) is 0.846. The summed E-state index contributed by atoms with van der Waals surface area (Å²) in [5, 5.41) is 4.20. The van der Waals surface area contributed by atoms with Crippen LogP contribution in [0.4, 0.5) is 0 Å². The van der Waals surface area contributed by atoms with Gasteiger partial charge in [0.2, 0.25) is 0 Å². The number of aromatic nitrogens is 3. The molecular formula is C13H13N3OS. The summed E-state index contributed by atoms with van der Waals surface area (Å²) < 4.78 is 1.71. The molecule has 0 radical (unpaired) electrons. The van der Waals surface area contributed by atoms with Crippen LogP contribution in [0.15, 0.2) is 43.0 Å². The van der Waals surface area contributed by atoms with Crippen LogP contribution in [0.2, 0.25) is 0 Å². The number of hydrogen-bond donors (Lipinski definition) is 0. The van der Waals surface area contributed by atoms with Crippen LogP contribution < -0.4 is 0 Å². The van der Waals surface area contributed by atoms with Crippen LogP contribution in [0.25, 0.3) is 11.8 Å². The van der Waals surface area contributed by atoms with E-state index in [1.807, 2.05) is 36.4 Å². The first-order valence-electron chi connectivity index (χ1n) is 5.50. The minimum Gasteiger partial charge on any atom is -0.288 e. The highest BCUT2D eigenvalue weighted by molar-refractivity contribution is 8.13. The van der Waals surface area contributed by atoms with Gasteiger partial charge in [-0.1, -0.05) is 36.0 Å². The number of nitrogens with zero attached hydrogens (tertiary/aromatic N) is 3. The van der Waals surface area contributed by atoms with Gasteiger partial charge in [0.1, 0.15) is 12.7 Å². The van der Waals surface area contributed by atoms with E-state index in [1.165, 1.54) is 18.1 Å². The third-order valence-corrected chi connectivity index (χ3v) is 3.04. The number of carbonyl (C=O) groups excluding carboxylic acids is 1. The molecule has 0 atom stereocenters. The highest BCUT2D eigenvalue weighted by Crippen LogP contribution is 2.10. The molecule has 5 heteroatoms. The smallest absolute Gasteiger partial charge is 0.186 e. The Bertz CT molecular complexity index is 532. The van der Waals surface area contributed by atoms with Crippen molar-refractivity contribution in [1.29, 1.82) is 0 Å². The molecule has 0 bridgehead atoms. The van der Waals surface area contributed by atoms with Crippen molar-refractivity contribution in [3.05, 3.63) is 48.6 Å². The van der Waals surface area contributed by atoms with Crippen molar-refractivity contribution in [1.82, 2.24) is 14.8 Å². The van der Waals surface area contributed by atoms with Crippen LogP contribution in [-0.4, -0.2) is 25.6 Å². The molecule has 0 saturated heterocycles. The first kappa shape index (κ1) is 12.6. The zero-order valence-corrected chi connectivity index (χ0v) is 10.8. The number of carbonyl (C=O) groups is 1. The van der Waals surface area contributed by atoms with E-state index in [2.05, 4.69) is 10.1 Å². The zero-order valence-electron chi connectivity index (χ0n) is 9.98. The molecule has 4 nitrogen and oxygen atoms in total. The fourth-order valence-electron chi connectivity index (χ4n) is 1.43. The van der Waals surface area contributed by atoms with Gasteiger partial charge < -0.3 is 0 Å². The Hall–Kier alpha value is -1.88. The lowest BCUT2D eigenvalue weighted by Gasteiger charge is -2.00. The molecule has 2 rings (SSSR count). The normalized spacial score (nSPS) is 10.9. The van der Waals surface area contributed by atoms with E-state index >= 15 is 0 Å². The SMILES string of the molecule is CC(=O)SCC=Cc1ccc(-n2cncn2)cc1. The number of rotatable bonds is 4. The minimum atomic E-state index is 0.140. The van der Waals surface area contributed by atoms with Gasteiger partial charge in [0.05, 0.1) is 5.69 Å². The van der Waals surface area contributed by atoms with Gasteiger partial charge in [0.25, 0.3) is 0 Å². The summed E-state index contributed by atoms with van der Waals surface area (Å²) in [4.78, 5) is 14.6. The van der Waals surface area contributed by atoms with Crippen LogP contribution in [0.5, 0.6) is 0 Å². The maximum atomic E-state index is 10.7. The largest absolute Gasteiger partial charge is 0.288 e. The van der Waals surface area contributed by atoms with Crippen molar-refractivity contribution in [2.75, 3.05) is 5.75 Å². The third-order valence-electron chi connectivity index (χ3n) is 2.27. The molecular weight excluding hydrogens is 246 g/mol. The van der Waals surface area contributed by atoms with E-state index in [-0.39, 0.29) is 5.12 Å². The maximum absolute atomic E-state index is 10.7. The van der Waals surface area contributed by atoms with Crippen molar-refractivity contribution >= 4 is 23.0 Å². The van der Waals surface area contributed by atoms with Crippen LogP contribution >= 0.6 is 11.8 Å². The second-order valence-electron chi connectivity index (χ2n) is 3.64. The Balaban J connectivity index is 1.98. The van der Waals surface area contributed by atoms with Gasteiger partial charge in [-0.3, -0.25) is 4.79 Å². The van der Waals surface area contributed by atoms with E-state index in [1.54, 1.807) is 17.9 Å². The van der Waals surface area contributed by atoms with Crippen LogP contribution in [0, 0.1) is 0 Å². The van der Waals surface area contributed by atoms with Gasteiger partial charge in [-0.2, -0.15) is 5.10 Å². The number of thioether (sulfide) groups is 1. The third kappa shape index (κ3) is 3.56. The second-order valence-corrected chi connectivity index (χ2v) is 4.83. The van der Waals surface area contributed by atoms with Gasteiger partial charge in [0.15, 0.2) is 5.12 Å². The highest BCUT2D eigenvalue weighted by Gasteiger charge is 1.95. The molecule has 0 aliphatic rings. The lowest BCUT2D eigenvalue weighted by Crippen LogP contribution is -1.93. The summed E-state index contributed by atoms with van der Waals surface area (Å²) in [5.74, 6) is 0.708. The molecule has 0 unspecified atom stereocenters. The lowest BCUT2D eigenvalue weighted by atomic mass is 10.2. The summed E-state index contributed by atoms with van der Waals surface area (Å²) >= 11 is 1.30. The van der Waals surface area contributed by atoms with Gasteiger partial charge in [-0.05, 0) is 17.7 Å². The Labute approximate surface area is 110 Å². The second kappa shape index (κ2) is 6.16. The van der Waals surface area contributed by atoms with E-state index in [4.69, 9.17) is 0 Å². The molecule has 0 N–H and O–H groups in total. The average molecular weight is 259 g/mol. The van der Waals surface area contributed by atoms with Gasteiger partial charge in [-0.15, -0.1) is 0 Å². The molecule has 0 amide bonds. The summed E-state index contributed by atoms with van der Waals surface area (Å²) in [5.41, 5.74) is 2.07. The van der Waals surface area contributed by atoms with Crippen molar-refractivity contribution < 1.29 is 4.79 Å². The van der Waals surface area contributed by atoms with Gasteiger partial charge in [0, 0.05) is 12.7 Å². The maximum Gasteiger partial charge on any atom is 0.186 e. The molecule has 1 heterocycles. The lowest BCUT2D eigenvalue weighted by molar-refractivity contribution is -0.109. The standard InChI is InChI=1S/C13H13N3OS/c1-11(17)18-8-2-3-12-4-6-13(7-5-12)16-10-14-9-15-16/h2-7,9-10H,8H2,1H3. The molecule has 0 fully saturated rings. The predicted octanol–water partition coefficient (Wildman–Crippen LogP) is 2.56. The predicted molar refractivity (Wildman–Crippen MR) is 73.5 cm³/mol. The van der Waals surface area contributed by atoms with E-state index in [0.717, 1.165) is 11.3 Å². The molecule has 92 valence electrons.